The molecule has 118 valence electrons. The van der Waals surface area contributed by atoms with E-state index in [1.807, 2.05) is 6.92 Å². The molecule has 2 amide bonds. The van der Waals surface area contributed by atoms with Crippen LogP contribution in [0.5, 0.6) is 0 Å². The highest BCUT2D eigenvalue weighted by Gasteiger charge is 2.40. The summed E-state index contributed by atoms with van der Waals surface area (Å²) in [7, 11) is 0. The van der Waals surface area contributed by atoms with Gasteiger partial charge in [0.2, 0.25) is 0 Å². The lowest BCUT2D eigenvalue weighted by Crippen LogP contribution is -2.50. The summed E-state index contributed by atoms with van der Waals surface area (Å²) >= 11 is 0. The van der Waals surface area contributed by atoms with Gasteiger partial charge >= 0.3 is 12.0 Å². The van der Waals surface area contributed by atoms with Gasteiger partial charge in [0.1, 0.15) is 0 Å². The third-order valence-corrected chi connectivity index (χ3v) is 3.87. The number of hydrogen-bond acceptors (Lipinski definition) is 4. The first kappa shape index (κ1) is 17.2. The van der Waals surface area contributed by atoms with E-state index in [0.29, 0.717) is 39.1 Å². The molecule has 2 N–H and O–H groups in total. The predicted molar refractivity (Wildman–Crippen MR) is 75.5 cm³/mol. The van der Waals surface area contributed by atoms with Crippen molar-refractivity contribution in [2.24, 2.45) is 11.3 Å². The Morgan fingerprint density at radius 2 is 2.10 bits per heavy atom. The van der Waals surface area contributed by atoms with Crippen LogP contribution in [0.25, 0.3) is 0 Å². The Labute approximate surface area is 124 Å². The zero-order valence-corrected chi connectivity index (χ0v) is 12.6. The zero-order chi connectivity index (χ0) is 15.9. The van der Waals surface area contributed by atoms with Crippen LogP contribution in [0.1, 0.15) is 26.7 Å². The van der Waals surface area contributed by atoms with E-state index in [4.69, 9.17) is 10.00 Å². The van der Waals surface area contributed by atoms with Crippen LogP contribution >= 0.6 is 0 Å². The number of hydrogen-bond donors (Lipinski definition) is 2. The van der Waals surface area contributed by atoms with Crippen LogP contribution in [-0.4, -0.2) is 54.9 Å². The number of aliphatic carboxylic acids is 1. The van der Waals surface area contributed by atoms with E-state index in [9.17, 15) is 14.7 Å². The Kier molecular flexibility index (Phi) is 6.43. The number of ether oxygens (including phenoxy) is 1. The maximum absolute atomic E-state index is 12.1. The molecular weight excluding hydrogens is 274 g/mol. The second-order valence-corrected chi connectivity index (χ2v) is 5.43. The van der Waals surface area contributed by atoms with Crippen molar-refractivity contribution in [2.45, 2.75) is 26.7 Å². The molecular formula is C14H23N3O4. The van der Waals surface area contributed by atoms with Gasteiger partial charge in [-0.25, -0.2) is 4.79 Å². The van der Waals surface area contributed by atoms with Crippen LogP contribution in [0.3, 0.4) is 0 Å². The van der Waals surface area contributed by atoms with Crippen molar-refractivity contribution in [1.29, 1.82) is 5.26 Å². The first-order valence-corrected chi connectivity index (χ1v) is 7.18. The number of nitrogens with zero attached hydrogens (tertiary/aromatic N) is 2. The van der Waals surface area contributed by atoms with Crippen LogP contribution in [0.4, 0.5) is 4.79 Å². The van der Waals surface area contributed by atoms with Gasteiger partial charge in [-0.2, -0.15) is 5.26 Å². The van der Waals surface area contributed by atoms with Crippen molar-refractivity contribution in [2.75, 3.05) is 32.8 Å². The minimum Gasteiger partial charge on any atom is -0.481 e. The molecule has 1 heterocycles. The number of urea groups is 1. The topological polar surface area (TPSA) is 103 Å². The average molecular weight is 297 g/mol. The number of carboxylic acid groups (broad SMARTS) is 1. The summed E-state index contributed by atoms with van der Waals surface area (Å²) in [6.07, 6.45) is 0.784. The van der Waals surface area contributed by atoms with Crippen LogP contribution in [0.2, 0.25) is 0 Å². The first-order valence-electron chi connectivity index (χ1n) is 7.18. The summed E-state index contributed by atoms with van der Waals surface area (Å²) < 4.78 is 5.20. The molecule has 0 spiro atoms. The Hall–Kier alpha value is -1.81. The predicted octanol–water partition coefficient (Wildman–Crippen LogP) is 1.06. The first-order chi connectivity index (χ1) is 9.95. The summed E-state index contributed by atoms with van der Waals surface area (Å²) in [6, 6.07) is 1.76. The third kappa shape index (κ3) is 4.60. The van der Waals surface area contributed by atoms with Gasteiger partial charge in [0.05, 0.1) is 17.4 Å². The molecule has 1 unspecified atom stereocenters. The van der Waals surface area contributed by atoms with Crippen molar-refractivity contribution >= 4 is 12.0 Å². The van der Waals surface area contributed by atoms with Gasteiger partial charge in [0.25, 0.3) is 0 Å². The Morgan fingerprint density at radius 3 is 2.57 bits per heavy atom. The second-order valence-electron chi connectivity index (χ2n) is 5.43. The maximum atomic E-state index is 12.1. The Morgan fingerprint density at radius 1 is 1.48 bits per heavy atom. The molecule has 1 aliphatic rings. The number of carbonyl (C=O) groups excluding carboxylic acids is 1. The molecule has 1 rings (SSSR count). The molecule has 1 saturated heterocycles. The van der Waals surface area contributed by atoms with Gasteiger partial charge in [-0.05, 0) is 26.7 Å². The molecule has 1 aliphatic heterocycles. The smallest absolute Gasteiger partial charge is 0.317 e. The van der Waals surface area contributed by atoms with Crippen molar-refractivity contribution in [3.8, 4) is 6.07 Å². The third-order valence-electron chi connectivity index (χ3n) is 3.87. The fraction of sp³-hybridized carbons (Fsp3) is 0.786. The van der Waals surface area contributed by atoms with Crippen LogP contribution in [0, 0.1) is 22.7 Å². The van der Waals surface area contributed by atoms with Gasteiger partial charge in [-0.1, -0.05) is 0 Å². The van der Waals surface area contributed by atoms with E-state index in [1.165, 1.54) is 4.90 Å². The lowest BCUT2D eigenvalue weighted by atomic mass is 9.80. The monoisotopic (exact) mass is 297 g/mol. The lowest BCUT2D eigenvalue weighted by Gasteiger charge is -2.34. The van der Waals surface area contributed by atoms with Crippen molar-refractivity contribution in [3.05, 3.63) is 0 Å². The van der Waals surface area contributed by atoms with E-state index >= 15 is 0 Å². The van der Waals surface area contributed by atoms with Gasteiger partial charge in [-0.3, -0.25) is 4.79 Å². The van der Waals surface area contributed by atoms with Gasteiger partial charge < -0.3 is 20.1 Å². The minimum absolute atomic E-state index is 0.0853. The number of amides is 2. The summed E-state index contributed by atoms with van der Waals surface area (Å²) in [6.45, 7) is 5.25. The van der Waals surface area contributed by atoms with E-state index in [2.05, 4.69) is 11.4 Å². The number of nitrogens with one attached hydrogen (secondary N) is 1. The fourth-order valence-corrected chi connectivity index (χ4v) is 2.31. The highest BCUT2D eigenvalue weighted by Crippen LogP contribution is 2.30. The molecule has 7 heteroatoms. The molecule has 0 aromatic carbocycles. The van der Waals surface area contributed by atoms with E-state index in [0.717, 1.165) is 0 Å². The highest BCUT2D eigenvalue weighted by atomic mass is 16.5. The normalized spacial score (nSPS) is 18.3. The molecule has 7 nitrogen and oxygen atoms in total. The number of carboxylic acids is 1. The van der Waals surface area contributed by atoms with Crippen molar-refractivity contribution < 1.29 is 19.4 Å². The quantitative estimate of drug-likeness (QED) is 0.763. The lowest BCUT2D eigenvalue weighted by molar-refractivity contribution is -0.154. The molecule has 1 atom stereocenters. The molecule has 0 saturated carbocycles. The van der Waals surface area contributed by atoms with Gasteiger partial charge in [0.15, 0.2) is 0 Å². The van der Waals surface area contributed by atoms with E-state index < -0.39 is 11.4 Å². The zero-order valence-electron chi connectivity index (χ0n) is 12.6. The largest absolute Gasteiger partial charge is 0.481 e. The minimum atomic E-state index is -0.950. The Balaban J connectivity index is 2.60. The fourth-order valence-electron chi connectivity index (χ4n) is 2.31. The van der Waals surface area contributed by atoms with Crippen LogP contribution in [0.15, 0.2) is 0 Å². The van der Waals surface area contributed by atoms with E-state index in [1.54, 1.807) is 6.92 Å². The second kappa shape index (κ2) is 7.84. The number of rotatable bonds is 6. The molecule has 1 fully saturated rings. The summed E-state index contributed by atoms with van der Waals surface area (Å²) in [5.74, 6) is -1.16. The van der Waals surface area contributed by atoms with Crippen LogP contribution in [-0.2, 0) is 9.53 Å². The van der Waals surface area contributed by atoms with E-state index in [-0.39, 0.29) is 18.5 Å². The molecule has 21 heavy (non-hydrogen) atoms. The van der Waals surface area contributed by atoms with Crippen LogP contribution < -0.4 is 5.32 Å². The van der Waals surface area contributed by atoms with Gasteiger partial charge in [-0.15, -0.1) is 0 Å². The summed E-state index contributed by atoms with van der Waals surface area (Å²) in [5.41, 5.74) is -0.950. The molecule has 0 aliphatic carbocycles. The standard InChI is InChI=1S/C14H23N3O4/c1-3-17(9-11(2)8-15)13(20)16-10-14(12(18)19)4-6-21-7-5-14/h11H,3-7,9-10H2,1-2H3,(H,16,20)(H,18,19). The maximum Gasteiger partial charge on any atom is 0.317 e. The highest BCUT2D eigenvalue weighted by molar-refractivity contribution is 5.78. The molecule has 0 radical (unpaired) electrons. The summed E-state index contributed by atoms with van der Waals surface area (Å²) in [5, 5.41) is 20.9. The summed E-state index contributed by atoms with van der Waals surface area (Å²) in [4.78, 5) is 25.1. The van der Waals surface area contributed by atoms with Crippen molar-refractivity contribution in [3.63, 3.8) is 0 Å². The molecule has 0 bridgehead atoms. The number of nitriles is 1. The molecule has 0 aromatic heterocycles. The van der Waals surface area contributed by atoms with Crippen molar-refractivity contribution in [1.82, 2.24) is 10.2 Å². The molecule has 0 aromatic rings. The van der Waals surface area contributed by atoms with Gasteiger partial charge in [0, 0.05) is 32.8 Å². The number of carbonyl (C=O) groups is 2. The Bertz CT molecular complexity index is 413. The average Bonchev–Trinajstić information content (AvgIpc) is 2.50. The SMILES string of the molecule is CCN(CC(C)C#N)C(=O)NCC1(C(=O)O)CCOCC1.